The highest BCUT2D eigenvalue weighted by molar-refractivity contribution is 6.18. The van der Waals surface area contributed by atoms with E-state index in [1.165, 1.54) is 25.7 Å². The fourth-order valence-electron chi connectivity index (χ4n) is 2.00. The Morgan fingerprint density at radius 2 is 2.25 bits per heavy atom. The zero-order valence-electron chi connectivity index (χ0n) is 8.15. The normalized spacial score (nSPS) is 35.4. The molecule has 1 rings (SSSR count). The quantitative estimate of drug-likeness (QED) is 0.462. The van der Waals surface area contributed by atoms with E-state index in [9.17, 15) is 0 Å². The maximum Gasteiger partial charge on any atom is 0.0314 e. The summed E-state index contributed by atoms with van der Waals surface area (Å²) in [6.45, 7) is 4.52. The molecule has 0 fully saturated rings. The van der Waals surface area contributed by atoms with Crippen molar-refractivity contribution in [3.63, 3.8) is 0 Å². The fourth-order valence-corrected chi connectivity index (χ4v) is 2.39. The minimum atomic E-state index is 0.320. The van der Waals surface area contributed by atoms with Gasteiger partial charge in [-0.3, -0.25) is 0 Å². The van der Waals surface area contributed by atoms with Gasteiger partial charge in [-0.2, -0.15) is 0 Å². The molecule has 0 saturated carbocycles. The lowest BCUT2D eigenvalue weighted by atomic mass is 9.73. The highest BCUT2D eigenvalue weighted by Gasteiger charge is 2.29. The maximum atomic E-state index is 6.01. The van der Waals surface area contributed by atoms with Gasteiger partial charge in [-0.15, -0.1) is 11.6 Å². The molecule has 0 bridgehead atoms. The highest BCUT2D eigenvalue weighted by Crippen LogP contribution is 2.39. The van der Waals surface area contributed by atoms with Crippen LogP contribution in [0, 0.1) is 11.3 Å². The maximum absolute atomic E-state index is 6.01. The number of hydrogen-bond acceptors (Lipinski definition) is 0. The van der Waals surface area contributed by atoms with Crippen molar-refractivity contribution in [3.8, 4) is 0 Å². The van der Waals surface area contributed by atoms with Gasteiger partial charge in [-0.25, -0.2) is 0 Å². The van der Waals surface area contributed by atoms with Crippen molar-refractivity contribution in [2.75, 3.05) is 5.88 Å². The standard InChI is InChI=1S/C11H19Cl/c1-3-10-6-5-7-11(4-2,8-10)9-12/h5,7,10H,3-4,6,8-9H2,1-2H3/t10?,11-/m0/s1. The number of halogens is 1. The van der Waals surface area contributed by atoms with Crippen LogP contribution in [0.1, 0.15) is 39.5 Å². The second-order valence-electron chi connectivity index (χ2n) is 3.97. The van der Waals surface area contributed by atoms with Crippen LogP contribution in [0.25, 0.3) is 0 Å². The SMILES string of the molecule is CCC1CC=C[C@](CC)(CCl)C1. The van der Waals surface area contributed by atoms with Gasteiger partial charge in [0.05, 0.1) is 0 Å². The first kappa shape index (κ1) is 10.1. The molecular formula is C11H19Cl. The Bertz CT molecular complexity index is 156. The monoisotopic (exact) mass is 186 g/mol. The molecule has 0 aromatic heterocycles. The molecule has 0 saturated heterocycles. The van der Waals surface area contributed by atoms with Gasteiger partial charge >= 0.3 is 0 Å². The topological polar surface area (TPSA) is 0 Å². The molecule has 70 valence electrons. The first-order chi connectivity index (χ1) is 5.76. The molecule has 1 heteroatoms. The van der Waals surface area contributed by atoms with Crippen LogP contribution in [0.5, 0.6) is 0 Å². The Morgan fingerprint density at radius 3 is 2.75 bits per heavy atom. The van der Waals surface area contributed by atoms with Crippen LogP contribution in [0.3, 0.4) is 0 Å². The smallest absolute Gasteiger partial charge is 0.0314 e. The molecule has 0 heterocycles. The van der Waals surface area contributed by atoms with Gasteiger partial charge in [-0.1, -0.05) is 32.4 Å². The van der Waals surface area contributed by atoms with Gasteiger partial charge in [0.25, 0.3) is 0 Å². The molecule has 0 aromatic rings. The zero-order chi connectivity index (χ0) is 9.03. The Balaban J connectivity index is 2.65. The van der Waals surface area contributed by atoms with Crippen LogP contribution >= 0.6 is 11.6 Å². The van der Waals surface area contributed by atoms with Crippen LogP contribution < -0.4 is 0 Å². The van der Waals surface area contributed by atoms with Gasteiger partial charge in [0.2, 0.25) is 0 Å². The largest absolute Gasteiger partial charge is 0.126 e. The first-order valence-corrected chi connectivity index (χ1v) is 5.53. The Hall–Kier alpha value is 0.0300. The van der Waals surface area contributed by atoms with E-state index in [-0.39, 0.29) is 0 Å². The molecule has 0 radical (unpaired) electrons. The van der Waals surface area contributed by atoms with Crippen molar-refractivity contribution in [3.05, 3.63) is 12.2 Å². The van der Waals surface area contributed by atoms with Crippen molar-refractivity contribution >= 4 is 11.6 Å². The van der Waals surface area contributed by atoms with E-state index in [2.05, 4.69) is 26.0 Å². The molecule has 1 aliphatic rings. The van der Waals surface area contributed by atoms with E-state index < -0.39 is 0 Å². The second-order valence-corrected chi connectivity index (χ2v) is 4.23. The van der Waals surface area contributed by atoms with Gasteiger partial charge in [0, 0.05) is 11.3 Å². The van der Waals surface area contributed by atoms with Crippen LogP contribution in [0.15, 0.2) is 12.2 Å². The highest BCUT2D eigenvalue weighted by atomic mass is 35.5. The van der Waals surface area contributed by atoms with Crippen molar-refractivity contribution in [1.82, 2.24) is 0 Å². The van der Waals surface area contributed by atoms with Crippen LogP contribution in [0.4, 0.5) is 0 Å². The summed E-state index contributed by atoms with van der Waals surface area (Å²) in [5.74, 6) is 1.66. The third-order valence-electron chi connectivity index (χ3n) is 3.18. The van der Waals surface area contributed by atoms with Crippen molar-refractivity contribution in [2.45, 2.75) is 39.5 Å². The van der Waals surface area contributed by atoms with Crippen molar-refractivity contribution < 1.29 is 0 Å². The Kier molecular flexibility index (Phi) is 3.64. The summed E-state index contributed by atoms with van der Waals surface area (Å²) in [5, 5.41) is 0. The minimum absolute atomic E-state index is 0.320. The summed E-state index contributed by atoms with van der Waals surface area (Å²) in [4.78, 5) is 0. The predicted molar refractivity (Wildman–Crippen MR) is 55.6 cm³/mol. The molecule has 0 nitrogen and oxygen atoms in total. The van der Waals surface area contributed by atoms with Crippen LogP contribution in [0.2, 0.25) is 0 Å². The van der Waals surface area contributed by atoms with Crippen LogP contribution in [-0.4, -0.2) is 5.88 Å². The molecule has 0 aliphatic heterocycles. The summed E-state index contributed by atoms with van der Waals surface area (Å²) in [7, 11) is 0. The molecule has 0 amide bonds. The van der Waals surface area contributed by atoms with Crippen molar-refractivity contribution in [2.24, 2.45) is 11.3 Å². The van der Waals surface area contributed by atoms with Crippen molar-refractivity contribution in [1.29, 1.82) is 0 Å². The van der Waals surface area contributed by atoms with E-state index in [1.807, 2.05) is 0 Å². The summed E-state index contributed by atoms with van der Waals surface area (Å²) >= 11 is 6.01. The Morgan fingerprint density at radius 1 is 1.50 bits per heavy atom. The third kappa shape index (κ3) is 2.04. The van der Waals surface area contributed by atoms with E-state index in [0.717, 1.165) is 11.8 Å². The van der Waals surface area contributed by atoms with E-state index in [1.54, 1.807) is 0 Å². The number of rotatable bonds is 3. The number of alkyl halides is 1. The van der Waals surface area contributed by atoms with E-state index in [0.29, 0.717) is 5.41 Å². The second kappa shape index (κ2) is 4.32. The Labute approximate surface area is 81.0 Å². The summed E-state index contributed by atoms with van der Waals surface area (Å²) in [5.41, 5.74) is 0.320. The molecule has 2 atom stereocenters. The van der Waals surface area contributed by atoms with Gasteiger partial charge in [0.15, 0.2) is 0 Å². The lowest BCUT2D eigenvalue weighted by Gasteiger charge is -2.34. The summed E-state index contributed by atoms with van der Waals surface area (Å²) in [6.07, 6.45) is 9.69. The van der Waals surface area contributed by atoms with Crippen LogP contribution in [-0.2, 0) is 0 Å². The molecular weight excluding hydrogens is 168 g/mol. The number of hydrogen-bond donors (Lipinski definition) is 0. The zero-order valence-corrected chi connectivity index (χ0v) is 8.90. The number of allylic oxidation sites excluding steroid dienone is 2. The lowest BCUT2D eigenvalue weighted by Crippen LogP contribution is -2.25. The summed E-state index contributed by atoms with van der Waals surface area (Å²) < 4.78 is 0. The average molecular weight is 187 g/mol. The average Bonchev–Trinajstić information content (AvgIpc) is 2.18. The fraction of sp³-hybridized carbons (Fsp3) is 0.818. The van der Waals surface area contributed by atoms with E-state index in [4.69, 9.17) is 11.6 Å². The molecule has 0 N–H and O–H groups in total. The van der Waals surface area contributed by atoms with Gasteiger partial charge in [0.1, 0.15) is 0 Å². The third-order valence-corrected chi connectivity index (χ3v) is 3.72. The molecule has 12 heavy (non-hydrogen) atoms. The molecule has 1 unspecified atom stereocenters. The minimum Gasteiger partial charge on any atom is -0.126 e. The molecule has 0 spiro atoms. The summed E-state index contributed by atoms with van der Waals surface area (Å²) in [6, 6.07) is 0. The molecule has 0 aromatic carbocycles. The lowest BCUT2D eigenvalue weighted by molar-refractivity contribution is 0.278. The molecule has 1 aliphatic carbocycles. The van der Waals surface area contributed by atoms with E-state index >= 15 is 0 Å². The first-order valence-electron chi connectivity index (χ1n) is 5.00. The van der Waals surface area contributed by atoms with Gasteiger partial charge < -0.3 is 0 Å². The van der Waals surface area contributed by atoms with Gasteiger partial charge in [-0.05, 0) is 25.2 Å². The predicted octanol–water partition coefficient (Wildman–Crippen LogP) is 4.00.